The Morgan fingerprint density at radius 2 is 2.13 bits per heavy atom. The second-order valence-electron chi connectivity index (χ2n) is 5.67. The standard InChI is InChI=1S/C15H21ClN2O4S/c1-10(17)13-5-3-4-8-18(13)23(20,21)14-7-6-11(16)9-12(14)15(19)22-2/h6-7,9-10,13H,3-5,8,17H2,1-2H3. The highest BCUT2D eigenvalue weighted by Gasteiger charge is 2.37. The van der Waals surface area contributed by atoms with E-state index in [2.05, 4.69) is 4.74 Å². The minimum atomic E-state index is -3.86. The van der Waals surface area contributed by atoms with Gasteiger partial charge in [0.2, 0.25) is 10.0 Å². The molecule has 0 aromatic heterocycles. The number of halogens is 1. The largest absolute Gasteiger partial charge is 0.465 e. The highest BCUT2D eigenvalue weighted by atomic mass is 35.5. The summed E-state index contributed by atoms with van der Waals surface area (Å²) >= 11 is 5.90. The predicted octanol–water partition coefficient (Wildman–Crippen LogP) is 2.02. The van der Waals surface area contributed by atoms with Gasteiger partial charge in [0.1, 0.15) is 0 Å². The SMILES string of the molecule is COC(=O)c1cc(Cl)ccc1S(=O)(=O)N1CCCCC1C(C)N. The summed E-state index contributed by atoms with van der Waals surface area (Å²) in [5.41, 5.74) is 5.90. The van der Waals surface area contributed by atoms with Gasteiger partial charge < -0.3 is 10.5 Å². The molecular formula is C15H21ClN2O4S. The number of esters is 1. The van der Waals surface area contributed by atoms with Gasteiger partial charge in [0.05, 0.1) is 17.6 Å². The highest BCUT2D eigenvalue weighted by Crippen LogP contribution is 2.30. The molecule has 0 radical (unpaired) electrons. The zero-order valence-electron chi connectivity index (χ0n) is 13.2. The van der Waals surface area contributed by atoms with Gasteiger partial charge in [0.15, 0.2) is 0 Å². The van der Waals surface area contributed by atoms with E-state index in [0.29, 0.717) is 13.0 Å². The zero-order chi connectivity index (χ0) is 17.2. The molecule has 1 aliphatic rings. The van der Waals surface area contributed by atoms with Crippen LogP contribution in [0, 0.1) is 0 Å². The van der Waals surface area contributed by atoms with E-state index in [1.54, 1.807) is 6.92 Å². The molecule has 2 unspecified atom stereocenters. The molecule has 2 N–H and O–H groups in total. The Morgan fingerprint density at radius 1 is 1.43 bits per heavy atom. The molecule has 0 saturated carbocycles. The number of ether oxygens (including phenoxy) is 1. The Labute approximate surface area is 141 Å². The lowest BCUT2D eigenvalue weighted by molar-refractivity contribution is 0.0596. The summed E-state index contributed by atoms with van der Waals surface area (Å²) in [6.07, 6.45) is 2.41. The van der Waals surface area contributed by atoms with Gasteiger partial charge in [-0.05, 0) is 38.0 Å². The van der Waals surface area contributed by atoms with E-state index >= 15 is 0 Å². The Hall–Kier alpha value is -1.15. The predicted molar refractivity (Wildman–Crippen MR) is 88.0 cm³/mol. The maximum absolute atomic E-state index is 13.1. The van der Waals surface area contributed by atoms with Crippen LogP contribution in [0.4, 0.5) is 0 Å². The van der Waals surface area contributed by atoms with E-state index in [9.17, 15) is 13.2 Å². The first kappa shape index (κ1) is 18.2. The highest BCUT2D eigenvalue weighted by molar-refractivity contribution is 7.89. The van der Waals surface area contributed by atoms with Crippen LogP contribution in [-0.4, -0.2) is 44.4 Å². The molecular weight excluding hydrogens is 340 g/mol. The average Bonchev–Trinajstić information content (AvgIpc) is 2.53. The number of benzene rings is 1. The third-order valence-corrected chi connectivity index (χ3v) is 6.26. The van der Waals surface area contributed by atoms with Gasteiger partial charge in [-0.2, -0.15) is 4.31 Å². The summed E-state index contributed by atoms with van der Waals surface area (Å²) in [5.74, 6) is -0.736. The molecule has 1 aliphatic heterocycles. The lowest BCUT2D eigenvalue weighted by atomic mass is 10.00. The van der Waals surface area contributed by atoms with Gasteiger partial charge in [0, 0.05) is 23.7 Å². The molecule has 1 saturated heterocycles. The molecule has 1 aromatic carbocycles. The van der Waals surface area contributed by atoms with Gasteiger partial charge in [0.25, 0.3) is 0 Å². The molecule has 1 fully saturated rings. The number of rotatable bonds is 4. The van der Waals surface area contributed by atoms with E-state index in [0.717, 1.165) is 12.8 Å². The molecule has 0 aliphatic carbocycles. The van der Waals surface area contributed by atoms with Crippen LogP contribution in [0.2, 0.25) is 5.02 Å². The van der Waals surface area contributed by atoms with Crippen molar-refractivity contribution in [1.82, 2.24) is 4.31 Å². The molecule has 0 spiro atoms. The van der Waals surface area contributed by atoms with Gasteiger partial charge in [-0.3, -0.25) is 0 Å². The Kier molecular flexibility index (Phi) is 5.67. The van der Waals surface area contributed by atoms with Crippen molar-refractivity contribution in [3.63, 3.8) is 0 Å². The molecule has 8 heteroatoms. The monoisotopic (exact) mass is 360 g/mol. The number of hydrogen-bond acceptors (Lipinski definition) is 5. The Morgan fingerprint density at radius 3 is 2.74 bits per heavy atom. The second-order valence-corrected chi connectivity index (χ2v) is 7.97. The third-order valence-electron chi connectivity index (χ3n) is 4.04. The van der Waals surface area contributed by atoms with Crippen molar-refractivity contribution >= 4 is 27.6 Å². The molecule has 2 rings (SSSR count). The Bertz CT molecular complexity index is 691. The van der Waals surface area contributed by atoms with Gasteiger partial charge in [-0.25, -0.2) is 13.2 Å². The van der Waals surface area contributed by atoms with Crippen molar-refractivity contribution in [2.24, 2.45) is 5.73 Å². The molecule has 1 heterocycles. The van der Waals surface area contributed by atoms with Crippen molar-refractivity contribution in [1.29, 1.82) is 0 Å². The third kappa shape index (κ3) is 3.68. The minimum absolute atomic E-state index is 0.0611. The number of carbonyl (C=O) groups excluding carboxylic acids is 1. The fraction of sp³-hybridized carbons (Fsp3) is 0.533. The van der Waals surface area contributed by atoms with Gasteiger partial charge >= 0.3 is 5.97 Å². The van der Waals surface area contributed by atoms with E-state index in [-0.39, 0.29) is 27.6 Å². The average molecular weight is 361 g/mol. The first-order chi connectivity index (χ1) is 10.8. The smallest absolute Gasteiger partial charge is 0.339 e. The number of hydrogen-bond donors (Lipinski definition) is 1. The van der Waals surface area contributed by atoms with Crippen LogP contribution in [0.5, 0.6) is 0 Å². The minimum Gasteiger partial charge on any atom is -0.465 e. The van der Waals surface area contributed by atoms with Crippen molar-refractivity contribution in [3.05, 3.63) is 28.8 Å². The number of methoxy groups -OCH3 is 1. The van der Waals surface area contributed by atoms with Gasteiger partial charge in [-0.15, -0.1) is 0 Å². The molecule has 0 amide bonds. The van der Waals surface area contributed by atoms with E-state index in [1.165, 1.54) is 29.6 Å². The summed E-state index contributed by atoms with van der Waals surface area (Å²) in [7, 11) is -2.67. The van der Waals surface area contributed by atoms with Crippen molar-refractivity contribution in [2.45, 2.75) is 43.2 Å². The van der Waals surface area contributed by atoms with Crippen LogP contribution in [0.15, 0.2) is 23.1 Å². The molecule has 0 bridgehead atoms. The normalized spacial score (nSPS) is 21.0. The zero-order valence-corrected chi connectivity index (χ0v) is 14.7. The molecule has 128 valence electrons. The van der Waals surface area contributed by atoms with Crippen molar-refractivity contribution < 1.29 is 17.9 Å². The van der Waals surface area contributed by atoms with E-state index in [4.69, 9.17) is 17.3 Å². The number of sulfonamides is 1. The van der Waals surface area contributed by atoms with E-state index < -0.39 is 16.0 Å². The number of piperidine rings is 1. The van der Waals surface area contributed by atoms with Crippen LogP contribution in [0.1, 0.15) is 36.5 Å². The topological polar surface area (TPSA) is 89.7 Å². The fourth-order valence-electron chi connectivity index (χ4n) is 2.88. The Balaban J connectivity index is 2.53. The molecule has 23 heavy (non-hydrogen) atoms. The van der Waals surface area contributed by atoms with Crippen LogP contribution < -0.4 is 5.73 Å². The quantitative estimate of drug-likeness (QED) is 0.829. The van der Waals surface area contributed by atoms with Gasteiger partial charge in [-0.1, -0.05) is 18.0 Å². The second kappa shape index (κ2) is 7.17. The van der Waals surface area contributed by atoms with Crippen LogP contribution in [-0.2, 0) is 14.8 Å². The summed E-state index contributed by atoms with van der Waals surface area (Å²) < 4.78 is 32.2. The lowest BCUT2D eigenvalue weighted by Crippen LogP contribution is -2.51. The molecule has 1 aromatic rings. The first-order valence-electron chi connectivity index (χ1n) is 7.44. The van der Waals surface area contributed by atoms with Crippen LogP contribution in [0.25, 0.3) is 0 Å². The van der Waals surface area contributed by atoms with E-state index in [1.807, 2.05) is 0 Å². The molecule has 6 nitrogen and oxygen atoms in total. The first-order valence-corrected chi connectivity index (χ1v) is 9.26. The lowest BCUT2D eigenvalue weighted by Gasteiger charge is -2.37. The fourth-order valence-corrected chi connectivity index (χ4v) is 4.99. The van der Waals surface area contributed by atoms with Crippen molar-refractivity contribution in [2.75, 3.05) is 13.7 Å². The summed E-state index contributed by atoms with van der Waals surface area (Å²) in [5, 5.41) is 0.270. The van der Waals surface area contributed by atoms with Crippen molar-refractivity contribution in [3.8, 4) is 0 Å². The summed E-state index contributed by atoms with van der Waals surface area (Å²) in [6.45, 7) is 2.18. The summed E-state index contributed by atoms with van der Waals surface area (Å²) in [6, 6.07) is 3.53. The van der Waals surface area contributed by atoms with Crippen LogP contribution >= 0.6 is 11.6 Å². The summed E-state index contributed by atoms with van der Waals surface area (Å²) in [4.78, 5) is 11.8. The number of nitrogens with two attached hydrogens (primary N) is 1. The maximum Gasteiger partial charge on any atom is 0.339 e. The van der Waals surface area contributed by atoms with Crippen LogP contribution in [0.3, 0.4) is 0 Å². The number of nitrogens with zero attached hydrogens (tertiary/aromatic N) is 1. The molecule has 2 atom stereocenters. The maximum atomic E-state index is 13.1. The number of carbonyl (C=O) groups is 1.